The van der Waals surface area contributed by atoms with E-state index in [9.17, 15) is 0 Å². The average molecular weight is 432 g/mol. The zero-order valence-electron chi connectivity index (χ0n) is 9.20. The Kier molecular flexibility index (Phi) is 3.38. The van der Waals surface area contributed by atoms with Crippen molar-refractivity contribution in [2.45, 2.75) is 0 Å². The highest BCUT2D eigenvalue weighted by molar-refractivity contribution is 14.1. The van der Waals surface area contributed by atoms with E-state index in [2.05, 4.69) is 73.7 Å². The summed E-state index contributed by atoms with van der Waals surface area (Å²) in [4.78, 5) is 0. The van der Waals surface area contributed by atoms with Crippen LogP contribution in [0, 0.1) is 3.57 Å². The van der Waals surface area contributed by atoms with Gasteiger partial charge in [-0.2, -0.15) is 0 Å². The molecule has 0 aliphatic rings. The van der Waals surface area contributed by atoms with Gasteiger partial charge in [0.2, 0.25) is 0 Å². The van der Waals surface area contributed by atoms with Gasteiger partial charge < -0.3 is 4.57 Å². The van der Waals surface area contributed by atoms with Crippen LogP contribution < -0.4 is 0 Å². The first kappa shape index (κ1) is 12.5. The molecule has 0 amide bonds. The first-order chi connectivity index (χ1) is 8.65. The Morgan fingerprint density at radius 3 is 2.67 bits per heavy atom. The number of aromatic nitrogens is 1. The Labute approximate surface area is 132 Å². The van der Waals surface area contributed by atoms with Gasteiger partial charge in [0, 0.05) is 25.8 Å². The number of nitrogens with zero attached hydrogens (tertiary/aromatic N) is 1. The fourth-order valence-electron chi connectivity index (χ4n) is 1.94. The fraction of sp³-hybridized carbons (Fsp3) is 0. The molecule has 2 aromatic carbocycles. The van der Waals surface area contributed by atoms with Gasteiger partial charge in [0.05, 0.1) is 10.7 Å². The molecule has 1 heterocycles. The van der Waals surface area contributed by atoms with Crippen LogP contribution >= 0.6 is 50.1 Å². The molecule has 0 saturated heterocycles. The van der Waals surface area contributed by atoms with Crippen molar-refractivity contribution < 1.29 is 0 Å². The zero-order chi connectivity index (χ0) is 12.7. The highest BCUT2D eigenvalue weighted by atomic mass is 127. The van der Waals surface area contributed by atoms with Gasteiger partial charge in [-0.1, -0.05) is 23.7 Å². The summed E-state index contributed by atoms with van der Waals surface area (Å²) in [5.74, 6) is 0. The quantitative estimate of drug-likeness (QED) is 0.438. The summed E-state index contributed by atoms with van der Waals surface area (Å²) in [5, 5.41) is 3.16. The zero-order valence-corrected chi connectivity index (χ0v) is 13.7. The van der Waals surface area contributed by atoms with Crippen LogP contribution in [0.4, 0.5) is 0 Å². The van der Waals surface area contributed by atoms with Crippen LogP contribution in [0.25, 0.3) is 16.5 Å². The molecule has 1 nitrogen and oxygen atoms in total. The van der Waals surface area contributed by atoms with Crippen LogP contribution in [0.3, 0.4) is 0 Å². The summed E-state index contributed by atoms with van der Waals surface area (Å²) < 4.78 is 4.21. The third-order valence-corrected chi connectivity index (χ3v) is 4.77. The normalized spacial score (nSPS) is 11.1. The molecule has 1 aromatic heterocycles. The summed E-state index contributed by atoms with van der Waals surface area (Å²) in [5.41, 5.74) is 0.984. The van der Waals surface area contributed by atoms with E-state index >= 15 is 0 Å². The Bertz CT molecular complexity index is 736. The maximum atomic E-state index is 6.32. The minimum Gasteiger partial charge on any atom is -0.321 e. The van der Waals surface area contributed by atoms with E-state index in [1.807, 2.05) is 18.2 Å². The van der Waals surface area contributed by atoms with Crippen molar-refractivity contribution in [3.63, 3.8) is 0 Å². The molecule has 0 bridgehead atoms. The van der Waals surface area contributed by atoms with E-state index < -0.39 is 0 Å². The van der Waals surface area contributed by atoms with Gasteiger partial charge in [-0.15, -0.1) is 0 Å². The smallest absolute Gasteiger partial charge is 0.0788 e. The predicted octanol–water partition coefficient (Wildman–Crippen LogP) is 5.65. The highest BCUT2D eigenvalue weighted by Gasteiger charge is 2.07. The van der Waals surface area contributed by atoms with Gasteiger partial charge in [-0.05, 0) is 68.2 Å². The van der Waals surface area contributed by atoms with Crippen LogP contribution in [0.15, 0.2) is 53.3 Å². The number of benzene rings is 2. The molecule has 4 heteroatoms. The summed E-state index contributed by atoms with van der Waals surface area (Å²) in [6.45, 7) is 0. The SMILES string of the molecule is Clc1c(Br)cccc1-n1cc2ccc(I)cc2c1. The molecule has 0 saturated carbocycles. The topological polar surface area (TPSA) is 4.93 Å². The maximum Gasteiger partial charge on any atom is 0.0788 e. The molecule has 0 fully saturated rings. The molecule has 0 aliphatic heterocycles. The van der Waals surface area contributed by atoms with Crippen LogP contribution in [-0.4, -0.2) is 4.57 Å². The Morgan fingerprint density at radius 2 is 1.83 bits per heavy atom. The fourth-order valence-corrected chi connectivity index (χ4v) is 3.04. The lowest BCUT2D eigenvalue weighted by Crippen LogP contribution is -1.90. The molecule has 0 unspecified atom stereocenters. The van der Waals surface area contributed by atoms with E-state index in [1.54, 1.807) is 0 Å². The molecule has 90 valence electrons. The molecule has 0 radical (unpaired) electrons. The standard InChI is InChI=1S/C14H8BrClIN/c15-12-2-1-3-13(14(12)16)18-7-9-4-5-11(17)6-10(9)8-18/h1-8H. The van der Waals surface area contributed by atoms with Crippen molar-refractivity contribution in [3.05, 3.63) is 61.9 Å². The lowest BCUT2D eigenvalue weighted by Gasteiger charge is -2.06. The monoisotopic (exact) mass is 431 g/mol. The average Bonchev–Trinajstić information content (AvgIpc) is 2.75. The molecular formula is C14H8BrClIN. The van der Waals surface area contributed by atoms with Crippen molar-refractivity contribution >= 4 is 60.9 Å². The Hall–Kier alpha value is -0.520. The Morgan fingerprint density at radius 1 is 1.06 bits per heavy atom. The molecule has 3 rings (SSSR count). The second-order valence-electron chi connectivity index (χ2n) is 4.01. The summed E-state index contributed by atoms with van der Waals surface area (Å²) in [6.07, 6.45) is 4.20. The number of hydrogen-bond donors (Lipinski definition) is 0. The maximum absolute atomic E-state index is 6.32. The van der Waals surface area contributed by atoms with Gasteiger partial charge in [0.1, 0.15) is 0 Å². The number of fused-ring (bicyclic) bond motifs is 1. The van der Waals surface area contributed by atoms with Crippen LogP contribution in [0.2, 0.25) is 5.02 Å². The highest BCUT2D eigenvalue weighted by Crippen LogP contribution is 2.30. The minimum absolute atomic E-state index is 0.729. The number of hydrogen-bond acceptors (Lipinski definition) is 0. The second-order valence-corrected chi connectivity index (χ2v) is 6.49. The van der Waals surface area contributed by atoms with Gasteiger partial charge in [0.25, 0.3) is 0 Å². The number of rotatable bonds is 1. The van der Waals surface area contributed by atoms with Crippen LogP contribution in [0.5, 0.6) is 0 Å². The van der Waals surface area contributed by atoms with Crippen LogP contribution in [-0.2, 0) is 0 Å². The Balaban J connectivity index is 2.22. The van der Waals surface area contributed by atoms with Crippen molar-refractivity contribution in [2.75, 3.05) is 0 Å². The van der Waals surface area contributed by atoms with E-state index in [0.29, 0.717) is 0 Å². The van der Waals surface area contributed by atoms with Gasteiger partial charge in [-0.25, -0.2) is 0 Å². The summed E-state index contributed by atoms with van der Waals surface area (Å²) in [7, 11) is 0. The molecule has 3 aromatic rings. The van der Waals surface area contributed by atoms with E-state index in [0.717, 1.165) is 15.2 Å². The largest absolute Gasteiger partial charge is 0.321 e. The first-order valence-electron chi connectivity index (χ1n) is 5.37. The predicted molar refractivity (Wildman–Crippen MR) is 88.7 cm³/mol. The lowest BCUT2D eigenvalue weighted by molar-refractivity contribution is 1.09. The first-order valence-corrected chi connectivity index (χ1v) is 7.62. The van der Waals surface area contributed by atoms with Crippen molar-refractivity contribution in [3.8, 4) is 5.69 Å². The molecule has 18 heavy (non-hydrogen) atoms. The lowest BCUT2D eigenvalue weighted by atomic mass is 10.2. The molecule has 0 N–H and O–H groups in total. The third kappa shape index (κ3) is 2.19. The van der Waals surface area contributed by atoms with Gasteiger partial charge in [0.15, 0.2) is 0 Å². The minimum atomic E-state index is 0.729. The summed E-state index contributed by atoms with van der Waals surface area (Å²) in [6, 6.07) is 12.3. The molecule has 0 atom stereocenters. The molecular weight excluding hydrogens is 424 g/mol. The van der Waals surface area contributed by atoms with Crippen LogP contribution in [0.1, 0.15) is 0 Å². The summed E-state index contributed by atoms with van der Waals surface area (Å²) >= 11 is 12.1. The number of halogens is 3. The van der Waals surface area contributed by atoms with Gasteiger partial charge in [-0.3, -0.25) is 0 Å². The van der Waals surface area contributed by atoms with Crippen molar-refractivity contribution in [1.29, 1.82) is 0 Å². The van der Waals surface area contributed by atoms with E-state index in [1.165, 1.54) is 14.3 Å². The molecule has 0 aliphatic carbocycles. The van der Waals surface area contributed by atoms with Crippen molar-refractivity contribution in [2.24, 2.45) is 0 Å². The third-order valence-electron chi connectivity index (χ3n) is 2.81. The van der Waals surface area contributed by atoms with E-state index in [4.69, 9.17) is 11.6 Å². The van der Waals surface area contributed by atoms with Gasteiger partial charge >= 0.3 is 0 Å². The van der Waals surface area contributed by atoms with Crippen molar-refractivity contribution in [1.82, 2.24) is 4.57 Å². The second kappa shape index (κ2) is 4.87. The van der Waals surface area contributed by atoms with E-state index in [-0.39, 0.29) is 0 Å². The molecule has 0 spiro atoms.